The van der Waals surface area contributed by atoms with Gasteiger partial charge in [0.05, 0.1) is 4.90 Å². The third-order valence-electron chi connectivity index (χ3n) is 4.06. The highest BCUT2D eigenvalue weighted by Gasteiger charge is 2.17. The predicted molar refractivity (Wildman–Crippen MR) is 105 cm³/mol. The fourth-order valence-corrected chi connectivity index (χ4v) is 3.69. The smallest absolute Gasteiger partial charge is 0.255 e. The van der Waals surface area contributed by atoms with Crippen LogP contribution in [0.4, 0.5) is 5.69 Å². The van der Waals surface area contributed by atoms with Crippen molar-refractivity contribution >= 4 is 21.6 Å². The van der Waals surface area contributed by atoms with Crippen LogP contribution in [0.15, 0.2) is 60.0 Å². The lowest BCUT2D eigenvalue weighted by Crippen LogP contribution is -2.24. The molecule has 138 valence electrons. The van der Waals surface area contributed by atoms with Gasteiger partial charge in [-0.3, -0.25) is 4.79 Å². The molecule has 5 nitrogen and oxygen atoms in total. The molecule has 1 amide bonds. The monoisotopic (exact) mass is 372 g/mol. The Morgan fingerprint density at radius 3 is 2.27 bits per heavy atom. The van der Waals surface area contributed by atoms with Gasteiger partial charge in [-0.2, -0.15) is 0 Å². The third-order valence-corrected chi connectivity index (χ3v) is 5.48. The molecular weight excluding hydrogens is 348 g/mol. The lowest BCUT2D eigenvalue weighted by atomic mass is 10.0. The molecule has 2 aromatic carbocycles. The fourth-order valence-electron chi connectivity index (χ4n) is 2.65. The van der Waals surface area contributed by atoms with Gasteiger partial charge >= 0.3 is 0 Å². The van der Waals surface area contributed by atoms with Crippen molar-refractivity contribution in [1.82, 2.24) is 4.72 Å². The van der Waals surface area contributed by atoms with Gasteiger partial charge in [0, 0.05) is 17.8 Å². The van der Waals surface area contributed by atoms with Crippen LogP contribution in [0.2, 0.25) is 0 Å². The Labute approximate surface area is 155 Å². The topological polar surface area (TPSA) is 75.3 Å². The maximum absolute atomic E-state index is 12.7. The highest BCUT2D eigenvalue weighted by molar-refractivity contribution is 7.89. The number of rotatable bonds is 8. The zero-order valence-corrected chi connectivity index (χ0v) is 15.9. The first-order chi connectivity index (χ1) is 12.4. The van der Waals surface area contributed by atoms with Crippen LogP contribution in [0.1, 0.15) is 35.3 Å². The highest BCUT2D eigenvalue weighted by atomic mass is 32.2. The molecule has 26 heavy (non-hydrogen) atoms. The highest BCUT2D eigenvalue weighted by Crippen LogP contribution is 2.23. The van der Waals surface area contributed by atoms with Gasteiger partial charge in [0.1, 0.15) is 0 Å². The quantitative estimate of drug-likeness (QED) is 0.696. The minimum Gasteiger partial charge on any atom is -0.321 e. The molecule has 0 atom stereocenters. The summed E-state index contributed by atoms with van der Waals surface area (Å²) in [6.07, 6.45) is 3.05. The van der Waals surface area contributed by atoms with Crippen molar-refractivity contribution in [3.8, 4) is 0 Å². The summed E-state index contributed by atoms with van der Waals surface area (Å²) in [6, 6.07) is 11.9. The van der Waals surface area contributed by atoms with E-state index in [1.807, 2.05) is 32.0 Å². The molecule has 0 aliphatic heterocycles. The standard InChI is InChI=1S/C20H24N2O3S/c1-4-13-21-26(24,25)18-12-8-11-17(14-18)20(23)22-19-15(5-2)9-7-10-16(19)6-3/h4,7-12,14,21H,1,5-6,13H2,2-3H3,(H,22,23). The van der Waals surface area contributed by atoms with Crippen molar-refractivity contribution in [2.45, 2.75) is 31.6 Å². The van der Waals surface area contributed by atoms with Crippen molar-refractivity contribution in [2.75, 3.05) is 11.9 Å². The van der Waals surface area contributed by atoms with Crippen LogP contribution in [0.25, 0.3) is 0 Å². The SMILES string of the molecule is C=CCNS(=O)(=O)c1cccc(C(=O)Nc2c(CC)cccc2CC)c1. The molecule has 2 N–H and O–H groups in total. The normalized spacial score (nSPS) is 11.2. The molecular formula is C20H24N2O3S. The average Bonchev–Trinajstić information content (AvgIpc) is 2.66. The van der Waals surface area contributed by atoms with Gasteiger partial charge in [0.15, 0.2) is 0 Å². The van der Waals surface area contributed by atoms with Gasteiger partial charge in [0.25, 0.3) is 5.91 Å². The third kappa shape index (κ3) is 4.59. The molecule has 0 bridgehead atoms. The first-order valence-electron chi connectivity index (χ1n) is 8.55. The lowest BCUT2D eigenvalue weighted by Gasteiger charge is -2.15. The molecule has 0 aromatic heterocycles. The van der Waals surface area contributed by atoms with Crippen molar-refractivity contribution in [2.24, 2.45) is 0 Å². The van der Waals surface area contributed by atoms with Gasteiger partial charge in [0.2, 0.25) is 10.0 Å². The number of carbonyl (C=O) groups is 1. The van der Waals surface area contributed by atoms with E-state index in [1.165, 1.54) is 18.2 Å². The number of benzene rings is 2. The van der Waals surface area contributed by atoms with Crippen LogP contribution in [0.5, 0.6) is 0 Å². The number of hydrogen-bond donors (Lipinski definition) is 2. The molecule has 0 saturated carbocycles. The molecule has 6 heteroatoms. The Morgan fingerprint density at radius 2 is 1.69 bits per heavy atom. The second-order valence-electron chi connectivity index (χ2n) is 5.78. The van der Waals surface area contributed by atoms with Crippen molar-refractivity contribution in [3.63, 3.8) is 0 Å². The van der Waals surface area contributed by atoms with Gasteiger partial charge in [-0.15, -0.1) is 6.58 Å². The number of amides is 1. The van der Waals surface area contributed by atoms with Gasteiger partial charge in [-0.05, 0) is 42.2 Å². The van der Waals surface area contributed by atoms with Crippen LogP contribution in [0.3, 0.4) is 0 Å². The second-order valence-corrected chi connectivity index (χ2v) is 7.55. The molecule has 0 spiro atoms. The van der Waals surface area contributed by atoms with Crippen LogP contribution in [0, 0.1) is 0 Å². The number of anilines is 1. The van der Waals surface area contributed by atoms with E-state index in [2.05, 4.69) is 16.6 Å². The zero-order chi connectivity index (χ0) is 19.2. The summed E-state index contributed by atoms with van der Waals surface area (Å²) in [6.45, 7) is 7.68. The average molecular weight is 372 g/mol. The van der Waals surface area contributed by atoms with Crippen molar-refractivity contribution in [1.29, 1.82) is 0 Å². The largest absolute Gasteiger partial charge is 0.321 e. The Bertz CT molecular complexity index is 883. The molecule has 0 heterocycles. The van der Waals surface area contributed by atoms with Crippen LogP contribution in [-0.4, -0.2) is 20.9 Å². The first-order valence-corrected chi connectivity index (χ1v) is 10.0. The minimum absolute atomic E-state index is 0.0477. The Morgan fingerprint density at radius 1 is 1.08 bits per heavy atom. The lowest BCUT2D eigenvalue weighted by molar-refractivity contribution is 0.102. The van der Waals surface area contributed by atoms with E-state index in [1.54, 1.807) is 12.1 Å². The first kappa shape index (κ1) is 19.9. The maximum Gasteiger partial charge on any atom is 0.255 e. The van der Waals surface area contributed by atoms with Crippen LogP contribution >= 0.6 is 0 Å². The second kappa shape index (κ2) is 8.78. The van der Waals surface area contributed by atoms with E-state index in [9.17, 15) is 13.2 Å². The molecule has 0 unspecified atom stereocenters. The summed E-state index contributed by atoms with van der Waals surface area (Å²) in [5.74, 6) is -0.332. The fraction of sp³-hybridized carbons (Fsp3) is 0.250. The zero-order valence-electron chi connectivity index (χ0n) is 15.1. The summed E-state index contributed by atoms with van der Waals surface area (Å²) in [5, 5.41) is 2.95. The molecule has 0 saturated heterocycles. The van der Waals surface area contributed by atoms with Crippen LogP contribution < -0.4 is 10.0 Å². The number of nitrogens with one attached hydrogen (secondary N) is 2. The number of sulfonamides is 1. The number of aryl methyl sites for hydroxylation is 2. The summed E-state index contributed by atoms with van der Waals surface area (Å²) >= 11 is 0. The molecule has 0 aliphatic rings. The van der Waals surface area contributed by atoms with Gasteiger partial charge < -0.3 is 5.32 Å². The predicted octanol–water partition coefficient (Wildman–Crippen LogP) is 3.53. The molecule has 2 rings (SSSR count). The molecule has 2 aromatic rings. The van der Waals surface area contributed by atoms with Crippen molar-refractivity contribution < 1.29 is 13.2 Å². The molecule has 0 fully saturated rings. The Hall–Kier alpha value is -2.44. The van der Waals surface area contributed by atoms with Gasteiger partial charge in [-0.1, -0.05) is 44.2 Å². The number of hydrogen-bond acceptors (Lipinski definition) is 3. The Balaban J connectivity index is 2.32. The van der Waals surface area contributed by atoms with E-state index in [-0.39, 0.29) is 17.3 Å². The number of carbonyl (C=O) groups excluding carboxylic acids is 1. The minimum atomic E-state index is -3.68. The summed E-state index contributed by atoms with van der Waals surface area (Å²) < 4.78 is 26.9. The van der Waals surface area contributed by atoms with E-state index in [4.69, 9.17) is 0 Å². The Kier molecular flexibility index (Phi) is 6.71. The maximum atomic E-state index is 12.7. The van der Waals surface area contributed by atoms with E-state index < -0.39 is 10.0 Å². The summed E-state index contributed by atoms with van der Waals surface area (Å²) in [5.41, 5.74) is 3.20. The summed E-state index contributed by atoms with van der Waals surface area (Å²) in [7, 11) is -3.68. The van der Waals surface area contributed by atoms with Crippen molar-refractivity contribution in [3.05, 3.63) is 71.8 Å². The molecule has 0 radical (unpaired) electrons. The van der Waals surface area contributed by atoms with Crippen LogP contribution in [-0.2, 0) is 22.9 Å². The number of para-hydroxylation sites is 1. The van der Waals surface area contributed by atoms with E-state index in [0.29, 0.717) is 5.56 Å². The van der Waals surface area contributed by atoms with E-state index >= 15 is 0 Å². The summed E-state index contributed by atoms with van der Waals surface area (Å²) in [4.78, 5) is 12.7. The molecule has 0 aliphatic carbocycles. The van der Waals surface area contributed by atoms with Gasteiger partial charge in [-0.25, -0.2) is 13.1 Å². The van der Waals surface area contributed by atoms with E-state index in [0.717, 1.165) is 29.7 Å².